The fourth-order valence-corrected chi connectivity index (χ4v) is 17.3. The molecule has 108 heavy (non-hydrogen) atoms. The first kappa shape index (κ1) is 92.7. The van der Waals surface area contributed by atoms with Crippen LogP contribution in [0.4, 0.5) is 26.3 Å². The highest BCUT2D eigenvalue weighted by atomic mass is 19.4. The summed E-state index contributed by atoms with van der Waals surface area (Å²) in [7, 11) is 0. The Kier molecular flexibility index (Phi) is 32.3. The minimum absolute atomic E-state index is 0.0810. The van der Waals surface area contributed by atoms with E-state index in [4.69, 9.17) is 0 Å². The van der Waals surface area contributed by atoms with Crippen molar-refractivity contribution in [3.63, 3.8) is 0 Å². The van der Waals surface area contributed by atoms with Crippen LogP contribution in [0.25, 0.3) is 22.3 Å². The van der Waals surface area contributed by atoms with Crippen LogP contribution in [0.1, 0.15) is 387 Å². The van der Waals surface area contributed by atoms with E-state index in [-0.39, 0.29) is 45.3 Å². The van der Waals surface area contributed by atoms with E-state index in [2.05, 4.69) is 286 Å². The number of halogens is 6. The van der Waals surface area contributed by atoms with Gasteiger partial charge < -0.3 is 0 Å². The fourth-order valence-electron chi connectivity index (χ4n) is 17.3. The van der Waals surface area contributed by atoms with Crippen molar-refractivity contribution < 1.29 is 26.3 Å². The molecule has 0 heterocycles. The minimum atomic E-state index is -4.40. The number of rotatable bonds is 14. The van der Waals surface area contributed by atoms with Crippen molar-refractivity contribution >= 4 is 0 Å². The summed E-state index contributed by atoms with van der Waals surface area (Å²) in [4.78, 5) is 0. The molecule has 2 saturated carbocycles. The second-order valence-corrected chi connectivity index (χ2v) is 40.3. The summed E-state index contributed by atoms with van der Waals surface area (Å²) in [5.74, 6) is 3.06. The van der Waals surface area contributed by atoms with Gasteiger partial charge in [-0.1, -0.05) is 391 Å². The average Bonchev–Trinajstić information content (AvgIpc) is 0.798. The summed E-state index contributed by atoms with van der Waals surface area (Å²) in [6, 6.07) is 53.9. The lowest BCUT2D eigenvalue weighted by Crippen LogP contribution is -2.36. The monoisotopic (exact) mass is 1490 g/mol. The zero-order valence-corrected chi connectivity index (χ0v) is 73.3. The summed E-state index contributed by atoms with van der Waals surface area (Å²) in [6.45, 7) is 61.3. The maximum absolute atomic E-state index is 13.3. The number of hydrogen-bond acceptors (Lipinski definition) is 0. The topological polar surface area (TPSA) is 0 Å². The molecule has 2 aliphatic carbocycles. The highest BCUT2D eigenvalue weighted by molar-refractivity contribution is 5.80. The van der Waals surface area contributed by atoms with Gasteiger partial charge in [-0.2, -0.15) is 26.3 Å². The molecular formula is C102H148F6. The second-order valence-electron chi connectivity index (χ2n) is 40.3. The lowest BCUT2D eigenvalue weighted by atomic mass is 9.69. The zero-order valence-electron chi connectivity index (χ0n) is 73.3. The summed E-state index contributed by atoms with van der Waals surface area (Å²) < 4.78 is 80.0. The average molecular weight is 1490 g/mol. The number of alkyl halides is 6. The van der Waals surface area contributed by atoms with E-state index in [9.17, 15) is 26.3 Å². The highest BCUT2D eigenvalue weighted by Gasteiger charge is 2.50. The van der Waals surface area contributed by atoms with Gasteiger partial charge in [-0.15, -0.1) is 0 Å². The summed E-state index contributed by atoms with van der Waals surface area (Å²) in [5.41, 5.74) is 19.3. The Morgan fingerprint density at radius 2 is 0.565 bits per heavy atom. The molecule has 0 radical (unpaired) electrons. The van der Waals surface area contributed by atoms with Crippen molar-refractivity contribution in [1.82, 2.24) is 0 Å². The predicted octanol–water partition coefficient (Wildman–Crippen LogP) is 33.0. The molecule has 0 aromatic heterocycles. The van der Waals surface area contributed by atoms with E-state index in [1.807, 2.05) is 20.8 Å². The van der Waals surface area contributed by atoms with Crippen molar-refractivity contribution in [3.05, 3.63) is 224 Å². The molecule has 6 heteroatoms. The molecule has 2 aliphatic rings. The van der Waals surface area contributed by atoms with Gasteiger partial charge in [0.05, 0.1) is 10.8 Å². The van der Waals surface area contributed by atoms with E-state index in [1.54, 1.807) is 51.6 Å². The molecule has 0 nitrogen and oxygen atoms in total. The zero-order chi connectivity index (χ0) is 81.6. The van der Waals surface area contributed by atoms with Gasteiger partial charge in [0.2, 0.25) is 0 Å². The number of hydrogen-bond donors (Lipinski definition) is 0. The quantitative estimate of drug-likeness (QED) is 0.0952. The van der Waals surface area contributed by atoms with Gasteiger partial charge in [-0.05, 0) is 220 Å². The van der Waals surface area contributed by atoms with Crippen LogP contribution < -0.4 is 0 Å². The van der Waals surface area contributed by atoms with E-state index in [0.29, 0.717) is 28.5 Å². The van der Waals surface area contributed by atoms with E-state index in [1.165, 1.54) is 134 Å². The van der Waals surface area contributed by atoms with Crippen molar-refractivity contribution in [2.45, 2.75) is 377 Å². The molecule has 0 unspecified atom stereocenters. The molecule has 598 valence electrons. The molecule has 0 N–H and O–H groups in total. The molecule has 0 atom stereocenters. The normalized spacial score (nSPS) is 14.9. The lowest BCUT2D eigenvalue weighted by molar-refractivity contribution is -0.211. The van der Waals surface area contributed by atoms with Crippen LogP contribution in [-0.4, -0.2) is 12.4 Å². The maximum Gasteiger partial charge on any atom is 0.394 e. The van der Waals surface area contributed by atoms with Crippen LogP contribution in [0.15, 0.2) is 152 Å². The Balaban J connectivity index is 0.000000243. The van der Waals surface area contributed by atoms with Crippen LogP contribution in [-0.2, 0) is 50.7 Å². The fraction of sp³-hybridized carbons (Fsp3) is 0.588. The molecule has 7 aromatic carbocycles. The van der Waals surface area contributed by atoms with Crippen LogP contribution >= 0.6 is 0 Å². The molecule has 0 amide bonds. The van der Waals surface area contributed by atoms with Gasteiger partial charge in [0.15, 0.2) is 0 Å². The maximum atomic E-state index is 13.3. The van der Waals surface area contributed by atoms with Gasteiger partial charge >= 0.3 is 12.4 Å². The van der Waals surface area contributed by atoms with Crippen molar-refractivity contribution in [2.24, 2.45) is 10.8 Å². The first-order chi connectivity index (χ1) is 49.7. The van der Waals surface area contributed by atoms with Crippen molar-refractivity contribution in [1.29, 1.82) is 0 Å². The Bertz CT molecular complexity index is 3650. The Morgan fingerprint density at radius 1 is 0.278 bits per heavy atom. The molecule has 0 saturated heterocycles. The third kappa shape index (κ3) is 25.1. The van der Waals surface area contributed by atoms with Crippen LogP contribution in [0, 0.1) is 10.8 Å². The SMILES string of the molecule is CC(C)(C)c1c(-c2ccccc2)cccc1-c1ccccc1.CC(C)(C)c1c(C2CCCCC2)cccc1C1CCCCC1.CC(C)(C)c1c(CC(C)(C)C(F)(F)F)cccc1CC(C)(C)C(F)(F)F.CC(C)(C)c1cccc(C(C)(C)C)c1C(C)(C)C.CCC(CC)c1cccc(C(CC)CC)c1C(C)(C)C. The molecular weight excluding hydrogens is 1340 g/mol. The Morgan fingerprint density at radius 3 is 0.852 bits per heavy atom. The van der Waals surface area contributed by atoms with Gasteiger partial charge in [0.25, 0.3) is 0 Å². The predicted molar refractivity (Wildman–Crippen MR) is 459 cm³/mol. The first-order valence-corrected chi connectivity index (χ1v) is 41.6. The van der Waals surface area contributed by atoms with Gasteiger partial charge in [0, 0.05) is 0 Å². The molecule has 0 bridgehead atoms. The standard InChI is InChI=1S/C22H34.C22H22.C20H28F6.C20H34.C18H30/c2*1-22(2,3)21-19(17-11-6-4-7-12-17)15-10-16-20(21)18-13-8-5-9-14-18;1-16(2,3)15-13(11-17(4,5)19(21,22)23)9-8-10-14(15)12-18(6,7)20(24,25)26;1-8-15(9-2)17-13-12-14-18(16(10-3)11-4)19(17)20(5,6)7;1-16(2,3)13-11-10-12-14(17(4,5)6)15(13)18(7,8)9/h10,15-18H,4-9,11-14H2,1-3H3;4-16H,1-3H3;8-10H,11-12H2,1-7H3;12-16H,8-11H2,1-7H3;10-12H,1-9H3. The van der Waals surface area contributed by atoms with Gasteiger partial charge in [0.1, 0.15) is 0 Å². The third-order valence-electron chi connectivity index (χ3n) is 22.9. The van der Waals surface area contributed by atoms with Gasteiger partial charge in [-0.25, -0.2) is 0 Å². The van der Waals surface area contributed by atoms with Crippen LogP contribution in [0.3, 0.4) is 0 Å². The Labute approximate surface area is 657 Å². The molecule has 0 spiro atoms. The van der Waals surface area contributed by atoms with Gasteiger partial charge in [-0.3, -0.25) is 0 Å². The van der Waals surface area contributed by atoms with E-state index >= 15 is 0 Å². The summed E-state index contributed by atoms with van der Waals surface area (Å²) in [6.07, 6.45) is 9.90. The molecule has 0 aliphatic heterocycles. The largest absolute Gasteiger partial charge is 0.394 e. The Hall–Kier alpha value is -5.88. The molecule has 7 aromatic rings. The molecule has 9 rings (SSSR count). The van der Waals surface area contributed by atoms with Crippen molar-refractivity contribution in [3.8, 4) is 22.3 Å². The second kappa shape index (κ2) is 37.6. The van der Waals surface area contributed by atoms with Crippen LogP contribution in [0.5, 0.6) is 0 Å². The first-order valence-electron chi connectivity index (χ1n) is 41.6. The third-order valence-corrected chi connectivity index (χ3v) is 22.9. The van der Waals surface area contributed by atoms with Crippen molar-refractivity contribution in [2.75, 3.05) is 0 Å². The van der Waals surface area contributed by atoms with E-state index < -0.39 is 28.6 Å². The smallest absolute Gasteiger partial charge is 0.171 e. The number of benzene rings is 7. The van der Waals surface area contributed by atoms with Crippen LogP contribution in [0.2, 0.25) is 0 Å². The lowest BCUT2D eigenvalue weighted by Gasteiger charge is -2.36. The highest BCUT2D eigenvalue weighted by Crippen LogP contribution is 2.49. The molecule has 2 fully saturated rings. The minimum Gasteiger partial charge on any atom is -0.171 e. The summed E-state index contributed by atoms with van der Waals surface area (Å²) in [5, 5.41) is 0. The van der Waals surface area contributed by atoms with E-state index in [0.717, 1.165) is 39.5 Å². The summed E-state index contributed by atoms with van der Waals surface area (Å²) >= 11 is 0.